The molecule has 2 heterocycles. The number of amides is 1. The van der Waals surface area contributed by atoms with Gasteiger partial charge in [0.1, 0.15) is 0 Å². The predicted octanol–water partition coefficient (Wildman–Crippen LogP) is -0.657. The van der Waals surface area contributed by atoms with Gasteiger partial charge in [-0.1, -0.05) is 19.1 Å². The summed E-state index contributed by atoms with van der Waals surface area (Å²) in [5.41, 5.74) is 5.70. The van der Waals surface area contributed by atoms with Crippen LogP contribution in [0.3, 0.4) is 0 Å². The molecule has 104 valence electrons. The molecule has 0 aromatic carbocycles. The highest BCUT2D eigenvalue weighted by Crippen LogP contribution is 2.21. The van der Waals surface area contributed by atoms with E-state index in [0.717, 1.165) is 0 Å². The van der Waals surface area contributed by atoms with E-state index in [9.17, 15) is 9.59 Å². The van der Waals surface area contributed by atoms with E-state index in [2.05, 4.69) is 10.3 Å². The molecular formula is C11H17N5O3. The van der Waals surface area contributed by atoms with Crippen molar-refractivity contribution in [3.63, 3.8) is 0 Å². The molecule has 1 amide bonds. The highest BCUT2D eigenvalue weighted by atomic mass is 16.4. The van der Waals surface area contributed by atoms with E-state index in [1.807, 2.05) is 13.8 Å². The SMILES string of the molecule is CC(C)C(N)C(=O)N1CC(n2cc(C(=O)O)nn2)C1. The Morgan fingerprint density at radius 3 is 2.58 bits per heavy atom. The maximum atomic E-state index is 11.9. The van der Waals surface area contributed by atoms with Crippen molar-refractivity contribution in [3.8, 4) is 0 Å². The number of likely N-dealkylation sites (tertiary alicyclic amines) is 1. The number of aromatic nitrogens is 3. The van der Waals surface area contributed by atoms with Gasteiger partial charge < -0.3 is 15.7 Å². The molecule has 1 aromatic heterocycles. The Kier molecular flexibility index (Phi) is 3.52. The van der Waals surface area contributed by atoms with Gasteiger partial charge >= 0.3 is 5.97 Å². The lowest BCUT2D eigenvalue weighted by Gasteiger charge is -2.40. The topological polar surface area (TPSA) is 114 Å². The third kappa shape index (κ3) is 2.58. The fourth-order valence-corrected chi connectivity index (χ4v) is 1.85. The Morgan fingerprint density at radius 2 is 2.11 bits per heavy atom. The van der Waals surface area contributed by atoms with Crippen LogP contribution in [0.1, 0.15) is 30.4 Å². The van der Waals surface area contributed by atoms with Crippen LogP contribution in [0.5, 0.6) is 0 Å². The number of carbonyl (C=O) groups excluding carboxylic acids is 1. The molecule has 3 N–H and O–H groups in total. The molecule has 1 saturated heterocycles. The van der Waals surface area contributed by atoms with Gasteiger partial charge in [0, 0.05) is 13.1 Å². The Labute approximate surface area is 110 Å². The van der Waals surface area contributed by atoms with Gasteiger partial charge in [-0.3, -0.25) is 4.79 Å². The third-order valence-electron chi connectivity index (χ3n) is 3.28. The van der Waals surface area contributed by atoms with E-state index >= 15 is 0 Å². The Balaban J connectivity index is 1.92. The van der Waals surface area contributed by atoms with Gasteiger partial charge in [-0.25, -0.2) is 9.48 Å². The van der Waals surface area contributed by atoms with E-state index in [-0.39, 0.29) is 23.6 Å². The maximum Gasteiger partial charge on any atom is 0.358 e. The van der Waals surface area contributed by atoms with Crippen LogP contribution >= 0.6 is 0 Å². The van der Waals surface area contributed by atoms with E-state index in [1.54, 1.807) is 4.90 Å². The number of nitrogens with zero attached hydrogens (tertiary/aromatic N) is 4. The van der Waals surface area contributed by atoms with E-state index < -0.39 is 12.0 Å². The van der Waals surface area contributed by atoms with Gasteiger partial charge in [0.15, 0.2) is 5.69 Å². The summed E-state index contributed by atoms with van der Waals surface area (Å²) in [6, 6.07) is -0.518. The van der Waals surface area contributed by atoms with Crippen LogP contribution in [-0.2, 0) is 4.79 Å². The number of hydrogen-bond donors (Lipinski definition) is 2. The summed E-state index contributed by atoms with van der Waals surface area (Å²) in [7, 11) is 0. The van der Waals surface area contributed by atoms with Crippen LogP contribution in [0.25, 0.3) is 0 Å². The van der Waals surface area contributed by atoms with Crippen molar-refractivity contribution in [2.24, 2.45) is 11.7 Å². The van der Waals surface area contributed by atoms with Crippen LogP contribution in [-0.4, -0.2) is 56.0 Å². The fourth-order valence-electron chi connectivity index (χ4n) is 1.85. The standard InChI is InChI=1S/C11H17N5O3/c1-6(2)9(12)10(17)15-3-7(4-15)16-5-8(11(18)19)13-14-16/h5-7,9H,3-4,12H2,1-2H3,(H,18,19). The first-order valence-corrected chi connectivity index (χ1v) is 6.09. The zero-order valence-electron chi connectivity index (χ0n) is 10.9. The summed E-state index contributed by atoms with van der Waals surface area (Å²) in [6.07, 6.45) is 1.37. The maximum absolute atomic E-state index is 11.9. The van der Waals surface area contributed by atoms with Crippen molar-refractivity contribution in [1.29, 1.82) is 0 Å². The first-order chi connectivity index (χ1) is 8.90. The molecule has 1 unspecified atom stereocenters. The Morgan fingerprint density at radius 1 is 1.47 bits per heavy atom. The molecule has 1 fully saturated rings. The molecule has 1 aliphatic heterocycles. The van der Waals surface area contributed by atoms with Crippen molar-refractivity contribution >= 4 is 11.9 Å². The molecule has 1 aliphatic rings. The summed E-state index contributed by atoms with van der Waals surface area (Å²) >= 11 is 0. The minimum Gasteiger partial charge on any atom is -0.476 e. The molecule has 0 aliphatic carbocycles. The monoisotopic (exact) mass is 267 g/mol. The first-order valence-electron chi connectivity index (χ1n) is 6.09. The van der Waals surface area contributed by atoms with E-state index in [0.29, 0.717) is 13.1 Å². The molecule has 8 heteroatoms. The highest BCUT2D eigenvalue weighted by molar-refractivity contribution is 5.84. The molecule has 0 spiro atoms. The third-order valence-corrected chi connectivity index (χ3v) is 3.28. The molecule has 8 nitrogen and oxygen atoms in total. The van der Waals surface area contributed by atoms with Gasteiger partial charge in [0.25, 0.3) is 0 Å². The second-order valence-corrected chi connectivity index (χ2v) is 5.06. The largest absolute Gasteiger partial charge is 0.476 e. The van der Waals surface area contributed by atoms with Crippen molar-refractivity contribution in [1.82, 2.24) is 19.9 Å². The lowest BCUT2D eigenvalue weighted by molar-refractivity contribution is -0.139. The lowest BCUT2D eigenvalue weighted by Crippen LogP contribution is -2.56. The molecule has 1 atom stereocenters. The quantitative estimate of drug-likeness (QED) is 0.748. The predicted molar refractivity (Wildman–Crippen MR) is 65.4 cm³/mol. The van der Waals surface area contributed by atoms with Crippen LogP contribution in [0.2, 0.25) is 0 Å². The minimum absolute atomic E-state index is 0.0242. The number of nitrogens with two attached hydrogens (primary N) is 1. The summed E-state index contributed by atoms with van der Waals surface area (Å²) in [5.74, 6) is -1.10. The Bertz CT molecular complexity index is 492. The molecule has 19 heavy (non-hydrogen) atoms. The minimum atomic E-state index is -1.11. The number of hydrogen-bond acceptors (Lipinski definition) is 5. The van der Waals surface area contributed by atoms with Gasteiger partial charge in [-0.05, 0) is 5.92 Å². The zero-order chi connectivity index (χ0) is 14.2. The van der Waals surface area contributed by atoms with Crippen LogP contribution in [0.15, 0.2) is 6.20 Å². The fraction of sp³-hybridized carbons (Fsp3) is 0.636. The smallest absolute Gasteiger partial charge is 0.358 e. The average Bonchev–Trinajstić information content (AvgIpc) is 2.75. The number of rotatable bonds is 4. The van der Waals surface area contributed by atoms with Crippen molar-refractivity contribution in [2.45, 2.75) is 25.9 Å². The summed E-state index contributed by atoms with van der Waals surface area (Å²) in [5, 5.41) is 16.0. The van der Waals surface area contributed by atoms with Gasteiger partial charge in [0.2, 0.25) is 5.91 Å². The van der Waals surface area contributed by atoms with E-state index in [1.165, 1.54) is 10.9 Å². The highest BCUT2D eigenvalue weighted by Gasteiger charge is 2.35. The molecular weight excluding hydrogens is 250 g/mol. The summed E-state index contributed by atoms with van der Waals surface area (Å²) < 4.78 is 1.48. The molecule has 2 rings (SSSR count). The second kappa shape index (κ2) is 4.96. The number of carbonyl (C=O) groups is 2. The summed E-state index contributed by atoms with van der Waals surface area (Å²) in [4.78, 5) is 24.3. The van der Waals surface area contributed by atoms with Crippen molar-refractivity contribution in [3.05, 3.63) is 11.9 Å². The number of carboxylic acids is 1. The van der Waals surface area contributed by atoms with Crippen molar-refractivity contribution in [2.75, 3.05) is 13.1 Å². The average molecular weight is 267 g/mol. The van der Waals surface area contributed by atoms with E-state index in [4.69, 9.17) is 10.8 Å². The molecule has 0 saturated carbocycles. The van der Waals surface area contributed by atoms with Gasteiger partial charge in [0.05, 0.1) is 18.3 Å². The Hall–Kier alpha value is -1.96. The second-order valence-electron chi connectivity index (χ2n) is 5.06. The number of carboxylic acid groups (broad SMARTS) is 1. The number of aromatic carboxylic acids is 1. The van der Waals surface area contributed by atoms with Crippen LogP contribution < -0.4 is 5.73 Å². The summed E-state index contributed by atoms with van der Waals surface area (Å²) in [6.45, 7) is 4.77. The van der Waals surface area contributed by atoms with Crippen LogP contribution in [0.4, 0.5) is 0 Å². The van der Waals surface area contributed by atoms with Gasteiger partial charge in [-0.2, -0.15) is 0 Å². The molecule has 0 radical (unpaired) electrons. The first kappa shape index (κ1) is 13.5. The zero-order valence-corrected chi connectivity index (χ0v) is 10.9. The molecule has 1 aromatic rings. The van der Waals surface area contributed by atoms with Gasteiger partial charge in [-0.15, -0.1) is 5.10 Å². The normalized spacial score (nSPS) is 17.4. The lowest BCUT2D eigenvalue weighted by atomic mass is 10.0. The van der Waals surface area contributed by atoms with Crippen LogP contribution in [0, 0.1) is 5.92 Å². The van der Waals surface area contributed by atoms with Crippen molar-refractivity contribution < 1.29 is 14.7 Å². The molecule has 0 bridgehead atoms.